The third-order valence-corrected chi connectivity index (χ3v) is 3.09. The average Bonchev–Trinajstić information content (AvgIpc) is 2.62. The van der Waals surface area contributed by atoms with Crippen LogP contribution in [0.1, 0.15) is 5.56 Å². The van der Waals surface area contributed by atoms with Crippen LogP contribution in [0.25, 0.3) is 0 Å². The van der Waals surface area contributed by atoms with Gasteiger partial charge in [-0.1, -0.05) is 48.6 Å². The Hall–Kier alpha value is -1.97. The van der Waals surface area contributed by atoms with Gasteiger partial charge in [0.05, 0.1) is 7.11 Å². The van der Waals surface area contributed by atoms with Crippen molar-refractivity contribution in [1.82, 2.24) is 0 Å². The van der Waals surface area contributed by atoms with Crippen molar-refractivity contribution in [2.24, 2.45) is 0 Å². The molecule has 1 aromatic carbocycles. The summed E-state index contributed by atoms with van der Waals surface area (Å²) in [6, 6.07) is 7.83. The smallest absolute Gasteiger partial charge is 0.405 e. The van der Waals surface area contributed by atoms with Gasteiger partial charge in [0.2, 0.25) is 0 Å². The number of rotatable bonds is 2. The van der Waals surface area contributed by atoms with E-state index in [1.165, 1.54) is 37.5 Å². The fourth-order valence-electron chi connectivity index (χ4n) is 2.01. The van der Waals surface area contributed by atoms with Gasteiger partial charge in [0.25, 0.3) is 0 Å². The highest BCUT2D eigenvalue weighted by Gasteiger charge is 2.52. The Labute approximate surface area is 109 Å². The second-order valence-corrected chi connectivity index (χ2v) is 4.20. The number of halogens is 3. The van der Waals surface area contributed by atoms with Crippen molar-refractivity contribution in [1.29, 1.82) is 0 Å². The quantitative estimate of drug-likeness (QED) is 0.781. The van der Waals surface area contributed by atoms with E-state index in [0.717, 1.165) is 12.2 Å². The standard InChI is InChI=1S/C15H13F3O/c1-19-13-8-5-10-14(11-9-13,15(16,17)18)12-6-3-2-4-7-12/h2-11H,1H3. The summed E-state index contributed by atoms with van der Waals surface area (Å²) in [6.07, 6.45) is 2.08. The topological polar surface area (TPSA) is 9.23 Å². The van der Waals surface area contributed by atoms with E-state index < -0.39 is 11.6 Å². The molecule has 0 N–H and O–H groups in total. The molecule has 4 heteroatoms. The third-order valence-electron chi connectivity index (χ3n) is 3.09. The van der Waals surface area contributed by atoms with Crippen molar-refractivity contribution in [3.05, 3.63) is 72.0 Å². The molecule has 19 heavy (non-hydrogen) atoms. The molecule has 1 aliphatic carbocycles. The summed E-state index contributed by atoms with van der Waals surface area (Å²) in [6.45, 7) is 0. The molecular formula is C15H13F3O. The first-order valence-electron chi connectivity index (χ1n) is 5.74. The number of hydrogen-bond acceptors (Lipinski definition) is 1. The van der Waals surface area contributed by atoms with E-state index in [4.69, 9.17) is 4.74 Å². The molecule has 1 aliphatic rings. The lowest BCUT2D eigenvalue weighted by atomic mass is 9.79. The van der Waals surface area contributed by atoms with E-state index in [9.17, 15) is 13.2 Å². The second kappa shape index (κ2) is 4.96. The maximum atomic E-state index is 13.5. The van der Waals surface area contributed by atoms with Crippen LogP contribution in [-0.4, -0.2) is 13.3 Å². The summed E-state index contributed by atoms with van der Waals surface area (Å²) < 4.78 is 45.6. The third kappa shape index (κ3) is 2.43. The van der Waals surface area contributed by atoms with Crippen LogP contribution in [0.5, 0.6) is 0 Å². The van der Waals surface area contributed by atoms with Crippen LogP contribution >= 0.6 is 0 Å². The maximum Gasteiger partial charge on any atom is 0.405 e. The van der Waals surface area contributed by atoms with Crippen LogP contribution in [0, 0.1) is 0 Å². The average molecular weight is 266 g/mol. The Kier molecular flexibility index (Phi) is 3.51. The monoisotopic (exact) mass is 266 g/mol. The fourth-order valence-corrected chi connectivity index (χ4v) is 2.01. The lowest BCUT2D eigenvalue weighted by molar-refractivity contribution is -0.162. The minimum atomic E-state index is -4.42. The van der Waals surface area contributed by atoms with Gasteiger partial charge in [0.15, 0.2) is 0 Å². The lowest BCUT2D eigenvalue weighted by Crippen LogP contribution is -2.38. The van der Waals surface area contributed by atoms with E-state index in [-0.39, 0.29) is 5.56 Å². The van der Waals surface area contributed by atoms with Crippen molar-refractivity contribution >= 4 is 0 Å². The fraction of sp³-hybridized carbons (Fsp3) is 0.200. The molecule has 0 fully saturated rings. The summed E-state index contributed by atoms with van der Waals surface area (Å²) in [4.78, 5) is 0. The highest BCUT2D eigenvalue weighted by Crippen LogP contribution is 2.44. The van der Waals surface area contributed by atoms with Crippen molar-refractivity contribution in [2.45, 2.75) is 11.6 Å². The van der Waals surface area contributed by atoms with E-state index in [1.54, 1.807) is 18.2 Å². The summed E-state index contributed by atoms with van der Waals surface area (Å²) >= 11 is 0. The van der Waals surface area contributed by atoms with E-state index >= 15 is 0 Å². The molecule has 100 valence electrons. The molecule has 1 aromatic rings. The molecule has 0 saturated carbocycles. The highest BCUT2D eigenvalue weighted by atomic mass is 19.4. The Morgan fingerprint density at radius 1 is 1.05 bits per heavy atom. The van der Waals surface area contributed by atoms with Crippen LogP contribution in [0.2, 0.25) is 0 Å². The highest BCUT2D eigenvalue weighted by molar-refractivity contribution is 5.43. The zero-order chi connectivity index (χ0) is 13.9. The molecule has 0 spiro atoms. The van der Waals surface area contributed by atoms with Crippen molar-refractivity contribution < 1.29 is 17.9 Å². The van der Waals surface area contributed by atoms with Crippen molar-refractivity contribution in [2.75, 3.05) is 7.11 Å². The largest absolute Gasteiger partial charge is 0.497 e. The number of allylic oxidation sites excluding steroid dienone is 5. The Balaban J connectivity index is 2.57. The zero-order valence-electron chi connectivity index (χ0n) is 10.3. The number of alkyl halides is 3. The summed E-state index contributed by atoms with van der Waals surface area (Å²) in [5, 5.41) is 0. The first-order chi connectivity index (χ1) is 8.99. The number of hydrogen-bond donors (Lipinski definition) is 0. The van der Waals surface area contributed by atoms with E-state index in [0.29, 0.717) is 5.76 Å². The van der Waals surface area contributed by atoms with Gasteiger partial charge < -0.3 is 4.74 Å². The van der Waals surface area contributed by atoms with Crippen LogP contribution in [0.15, 0.2) is 66.5 Å². The molecular weight excluding hydrogens is 253 g/mol. The zero-order valence-corrected chi connectivity index (χ0v) is 10.3. The molecule has 0 bridgehead atoms. The van der Waals surface area contributed by atoms with Crippen LogP contribution in [0.4, 0.5) is 13.2 Å². The van der Waals surface area contributed by atoms with Crippen LogP contribution in [-0.2, 0) is 10.2 Å². The SMILES string of the molecule is COC1=CC=CC(c2ccccc2)(C(F)(F)F)C=C1. The van der Waals surface area contributed by atoms with E-state index in [1.807, 2.05) is 0 Å². The molecule has 0 aliphatic heterocycles. The minimum Gasteiger partial charge on any atom is -0.497 e. The Morgan fingerprint density at radius 3 is 2.32 bits per heavy atom. The van der Waals surface area contributed by atoms with Crippen molar-refractivity contribution in [3.63, 3.8) is 0 Å². The summed E-state index contributed by atoms with van der Waals surface area (Å²) in [5.74, 6) is 0.387. The van der Waals surface area contributed by atoms with Crippen LogP contribution in [0.3, 0.4) is 0 Å². The molecule has 2 rings (SSSR count). The predicted octanol–water partition coefficient (Wildman–Crippen LogP) is 4.14. The molecule has 1 atom stereocenters. The molecule has 0 saturated heterocycles. The molecule has 0 aromatic heterocycles. The normalized spacial score (nSPS) is 22.8. The maximum absolute atomic E-state index is 13.5. The summed E-state index contributed by atoms with van der Waals surface area (Å²) in [7, 11) is 1.42. The predicted molar refractivity (Wildman–Crippen MR) is 67.5 cm³/mol. The van der Waals surface area contributed by atoms with Gasteiger partial charge in [0, 0.05) is 0 Å². The molecule has 0 amide bonds. The minimum absolute atomic E-state index is 0.181. The van der Waals surface area contributed by atoms with Gasteiger partial charge in [-0.25, -0.2) is 0 Å². The van der Waals surface area contributed by atoms with Gasteiger partial charge in [-0.3, -0.25) is 0 Å². The van der Waals surface area contributed by atoms with Crippen LogP contribution < -0.4 is 0 Å². The van der Waals surface area contributed by atoms with Gasteiger partial charge in [0.1, 0.15) is 11.2 Å². The molecule has 0 radical (unpaired) electrons. The van der Waals surface area contributed by atoms with Gasteiger partial charge in [-0.15, -0.1) is 0 Å². The number of ether oxygens (including phenoxy) is 1. The lowest BCUT2D eigenvalue weighted by Gasteiger charge is -2.30. The summed E-state index contributed by atoms with van der Waals surface area (Å²) in [5.41, 5.74) is -1.94. The molecule has 0 heterocycles. The van der Waals surface area contributed by atoms with E-state index in [2.05, 4.69) is 0 Å². The second-order valence-electron chi connectivity index (χ2n) is 4.20. The first-order valence-corrected chi connectivity index (χ1v) is 5.74. The first kappa shape index (κ1) is 13.5. The Bertz CT molecular complexity index is 526. The number of methoxy groups -OCH3 is 1. The molecule has 1 unspecified atom stereocenters. The number of benzene rings is 1. The van der Waals surface area contributed by atoms with Gasteiger partial charge in [-0.2, -0.15) is 13.2 Å². The molecule has 1 nitrogen and oxygen atoms in total. The van der Waals surface area contributed by atoms with Gasteiger partial charge in [-0.05, 0) is 17.7 Å². The van der Waals surface area contributed by atoms with Gasteiger partial charge >= 0.3 is 6.18 Å². The Morgan fingerprint density at radius 2 is 1.74 bits per heavy atom. The van der Waals surface area contributed by atoms with Crippen molar-refractivity contribution in [3.8, 4) is 0 Å².